The van der Waals surface area contributed by atoms with Crippen LogP contribution in [0.3, 0.4) is 0 Å². The zero-order chi connectivity index (χ0) is 14.7. The van der Waals surface area contributed by atoms with Crippen molar-refractivity contribution in [3.05, 3.63) is 71.8 Å². The molecule has 3 atom stereocenters. The number of hydrogen-bond acceptors (Lipinski definition) is 3. The Bertz CT molecular complexity index is 655. The van der Waals surface area contributed by atoms with E-state index in [1.807, 2.05) is 48.5 Å². The first kappa shape index (κ1) is 14.0. The topological polar surface area (TPSA) is 38.7 Å². The van der Waals surface area contributed by atoms with Gasteiger partial charge in [-0.15, -0.1) is 0 Å². The second-order valence-electron chi connectivity index (χ2n) is 5.13. The van der Waals surface area contributed by atoms with Gasteiger partial charge in [-0.2, -0.15) is 0 Å². The van der Waals surface area contributed by atoms with Crippen LogP contribution in [-0.4, -0.2) is 21.9 Å². The Morgan fingerprint density at radius 3 is 2.14 bits per heavy atom. The molecule has 0 bridgehead atoms. The van der Waals surface area contributed by atoms with Crippen molar-refractivity contribution >= 4 is 16.5 Å². The summed E-state index contributed by atoms with van der Waals surface area (Å²) in [5, 5.41) is 4.22. The van der Waals surface area contributed by atoms with Crippen molar-refractivity contribution in [2.24, 2.45) is 5.16 Å². The standard InChI is InChI=1S/C17H17NO2S/c1-21(19)12-15-16(13-8-4-2-5-9-13)17(20-18-15)14-10-6-3-7-11-14/h2-11,16-17H,12H2,1H3/t16-,17+,21+/m1/s1. The number of nitrogens with zero attached hydrogens (tertiary/aromatic N) is 1. The summed E-state index contributed by atoms with van der Waals surface area (Å²) in [6.07, 6.45) is 1.55. The van der Waals surface area contributed by atoms with Gasteiger partial charge in [-0.05, 0) is 11.1 Å². The lowest BCUT2D eigenvalue weighted by Crippen LogP contribution is -2.20. The van der Waals surface area contributed by atoms with Crippen LogP contribution in [0.2, 0.25) is 0 Å². The summed E-state index contributed by atoms with van der Waals surface area (Å²) in [7, 11) is -0.932. The molecule has 21 heavy (non-hydrogen) atoms. The molecule has 3 rings (SSSR count). The largest absolute Gasteiger partial charge is 0.387 e. The van der Waals surface area contributed by atoms with Crippen molar-refractivity contribution < 1.29 is 9.05 Å². The van der Waals surface area contributed by atoms with E-state index in [1.54, 1.807) is 6.26 Å². The predicted octanol–water partition coefficient (Wildman–Crippen LogP) is 3.28. The molecule has 3 nitrogen and oxygen atoms in total. The third kappa shape index (κ3) is 3.05. The van der Waals surface area contributed by atoms with Crippen molar-refractivity contribution in [3.8, 4) is 0 Å². The monoisotopic (exact) mass is 299 g/mol. The fourth-order valence-electron chi connectivity index (χ4n) is 2.66. The molecule has 4 heteroatoms. The Hall–Kier alpha value is -1.94. The molecular formula is C17H17NO2S. The minimum Gasteiger partial charge on any atom is -0.387 e. The zero-order valence-corrected chi connectivity index (χ0v) is 12.6. The zero-order valence-electron chi connectivity index (χ0n) is 11.8. The Labute approximate surface area is 127 Å². The minimum atomic E-state index is -0.932. The molecule has 0 amide bonds. The Balaban J connectivity index is 1.97. The lowest BCUT2D eigenvalue weighted by molar-refractivity contribution is 0.0763. The molecule has 0 saturated carbocycles. The van der Waals surface area contributed by atoms with Gasteiger partial charge in [0.25, 0.3) is 0 Å². The smallest absolute Gasteiger partial charge is 0.164 e. The summed E-state index contributed by atoms with van der Waals surface area (Å²) < 4.78 is 11.6. The summed E-state index contributed by atoms with van der Waals surface area (Å²) in [6.45, 7) is 0. The van der Waals surface area contributed by atoms with Gasteiger partial charge < -0.3 is 4.84 Å². The maximum atomic E-state index is 11.6. The van der Waals surface area contributed by atoms with Gasteiger partial charge in [0, 0.05) is 17.1 Å². The fraction of sp³-hybridized carbons (Fsp3) is 0.235. The van der Waals surface area contributed by atoms with Crippen molar-refractivity contribution in [1.82, 2.24) is 0 Å². The van der Waals surface area contributed by atoms with Crippen LogP contribution in [0.5, 0.6) is 0 Å². The van der Waals surface area contributed by atoms with Crippen LogP contribution in [0.25, 0.3) is 0 Å². The summed E-state index contributed by atoms with van der Waals surface area (Å²) in [5.41, 5.74) is 3.09. The van der Waals surface area contributed by atoms with E-state index in [2.05, 4.69) is 17.3 Å². The van der Waals surface area contributed by atoms with Crippen molar-refractivity contribution in [2.45, 2.75) is 12.0 Å². The predicted molar refractivity (Wildman–Crippen MR) is 85.8 cm³/mol. The van der Waals surface area contributed by atoms with Gasteiger partial charge in [0.2, 0.25) is 0 Å². The van der Waals surface area contributed by atoms with E-state index < -0.39 is 10.8 Å². The summed E-state index contributed by atoms with van der Waals surface area (Å²) in [4.78, 5) is 5.67. The normalized spacial score (nSPS) is 22.4. The first-order chi connectivity index (χ1) is 10.3. The Kier molecular flexibility index (Phi) is 4.15. The second kappa shape index (κ2) is 6.22. The van der Waals surface area contributed by atoms with E-state index in [0.717, 1.165) is 16.8 Å². The molecule has 0 radical (unpaired) electrons. The Morgan fingerprint density at radius 1 is 1.00 bits per heavy atom. The van der Waals surface area contributed by atoms with Crippen LogP contribution < -0.4 is 0 Å². The summed E-state index contributed by atoms with van der Waals surface area (Å²) >= 11 is 0. The van der Waals surface area contributed by atoms with Gasteiger partial charge in [-0.25, -0.2) is 0 Å². The number of hydrogen-bond donors (Lipinski definition) is 0. The molecule has 0 spiro atoms. The Morgan fingerprint density at radius 2 is 1.57 bits per heavy atom. The van der Waals surface area contributed by atoms with Gasteiger partial charge in [0.15, 0.2) is 6.10 Å². The summed E-state index contributed by atoms with van der Waals surface area (Å²) in [6, 6.07) is 20.2. The average Bonchev–Trinajstić information content (AvgIpc) is 2.92. The lowest BCUT2D eigenvalue weighted by atomic mass is 9.86. The van der Waals surface area contributed by atoms with Crippen molar-refractivity contribution in [2.75, 3.05) is 12.0 Å². The molecule has 0 unspecified atom stereocenters. The SMILES string of the molecule is C[S@](=O)CC1=NO[C@@H](c2ccccc2)[C@@H]1c1ccccc1. The van der Waals surface area contributed by atoms with Gasteiger partial charge in [0.1, 0.15) is 0 Å². The van der Waals surface area contributed by atoms with E-state index in [1.165, 1.54) is 0 Å². The average molecular weight is 299 g/mol. The molecule has 1 aliphatic heterocycles. The molecule has 2 aromatic rings. The first-order valence-electron chi connectivity index (χ1n) is 6.88. The molecular weight excluding hydrogens is 282 g/mol. The number of rotatable bonds is 4. The molecule has 0 aromatic heterocycles. The van der Waals surface area contributed by atoms with Gasteiger partial charge in [-0.3, -0.25) is 4.21 Å². The maximum absolute atomic E-state index is 11.6. The van der Waals surface area contributed by atoms with Crippen LogP contribution in [-0.2, 0) is 15.6 Å². The molecule has 0 saturated heterocycles. The van der Waals surface area contributed by atoms with Gasteiger partial charge >= 0.3 is 0 Å². The minimum absolute atomic E-state index is 0.0255. The third-order valence-electron chi connectivity index (χ3n) is 3.58. The lowest BCUT2D eigenvalue weighted by Gasteiger charge is -2.19. The highest BCUT2D eigenvalue weighted by atomic mass is 32.2. The van der Waals surface area contributed by atoms with Crippen molar-refractivity contribution in [3.63, 3.8) is 0 Å². The summed E-state index contributed by atoms with van der Waals surface area (Å²) in [5.74, 6) is 0.473. The van der Waals surface area contributed by atoms with Gasteiger partial charge in [-0.1, -0.05) is 65.8 Å². The molecule has 1 aliphatic rings. The van der Waals surface area contributed by atoms with E-state index >= 15 is 0 Å². The third-order valence-corrected chi connectivity index (χ3v) is 4.29. The molecule has 2 aromatic carbocycles. The molecule has 108 valence electrons. The number of benzene rings is 2. The highest BCUT2D eigenvalue weighted by molar-refractivity contribution is 7.85. The molecule has 0 fully saturated rings. The van der Waals surface area contributed by atoms with Crippen molar-refractivity contribution in [1.29, 1.82) is 0 Å². The quantitative estimate of drug-likeness (QED) is 0.869. The number of oxime groups is 1. The second-order valence-corrected chi connectivity index (χ2v) is 6.56. The van der Waals surface area contributed by atoms with Crippen LogP contribution in [0.15, 0.2) is 65.8 Å². The molecule has 1 heterocycles. The van der Waals surface area contributed by atoms with E-state index in [-0.39, 0.29) is 12.0 Å². The highest BCUT2D eigenvalue weighted by Crippen LogP contribution is 2.39. The van der Waals surface area contributed by atoms with E-state index in [0.29, 0.717) is 5.75 Å². The van der Waals surface area contributed by atoms with E-state index in [9.17, 15) is 4.21 Å². The maximum Gasteiger partial charge on any atom is 0.164 e. The molecule has 0 N–H and O–H groups in total. The van der Waals surface area contributed by atoms with Crippen LogP contribution in [0.4, 0.5) is 0 Å². The van der Waals surface area contributed by atoms with Crippen LogP contribution in [0.1, 0.15) is 23.1 Å². The van der Waals surface area contributed by atoms with Crippen LogP contribution in [0, 0.1) is 0 Å². The molecule has 0 aliphatic carbocycles. The van der Waals surface area contributed by atoms with Crippen LogP contribution >= 0.6 is 0 Å². The highest BCUT2D eigenvalue weighted by Gasteiger charge is 2.36. The first-order valence-corrected chi connectivity index (χ1v) is 8.61. The fourth-order valence-corrected chi connectivity index (χ4v) is 3.31. The van der Waals surface area contributed by atoms with Gasteiger partial charge in [0.05, 0.1) is 17.4 Å². The van der Waals surface area contributed by atoms with E-state index in [4.69, 9.17) is 4.84 Å².